The van der Waals surface area contributed by atoms with E-state index in [4.69, 9.17) is 23.2 Å². The van der Waals surface area contributed by atoms with Crippen LogP contribution in [0, 0.1) is 5.92 Å². The minimum absolute atomic E-state index is 0.0535. The highest BCUT2D eigenvalue weighted by atomic mass is 79.9. The molecule has 0 aromatic heterocycles. The third-order valence-electron chi connectivity index (χ3n) is 4.04. The number of nitrogens with one attached hydrogen (secondary N) is 1. The molecule has 3 rings (SSSR count). The molecular weight excluding hydrogens is 463 g/mol. The third-order valence-corrected chi connectivity index (χ3v) is 5.09. The van der Waals surface area contributed by atoms with Crippen LogP contribution < -0.4 is 5.32 Å². The second kappa shape index (κ2) is 7.73. The molecule has 1 aliphatic heterocycles. The fraction of sp³-hybridized carbons (Fsp3) is 0.222. The first-order valence-electron chi connectivity index (χ1n) is 7.95. The summed E-state index contributed by atoms with van der Waals surface area (Å²) in [4.78, 5) is 12.5. The van der Waals surface area contributed by atoms with E-state index >= 15 is 0 Å². The van der Waals surface area contributed by atoms with Crippen molar-refractivity contribution in [3.05, 3.63) is 63.1 Å². The van der Waals surface area contributed by atoms with E-state index in [0.717, 1.165) is 21.8 Å². The van der Waals surface area contributed by atoms with Crippen LogP contribution in [0.25, 0.3) is 0 Å². The summed E-state index contributed by atoms with van der Waals surface area (Å²) in [5.41, 5.74) is 1.48. The minimum Gasteiger partial charge on any atom is -0.306 e. The van der Waals surface area contributed by atoms with Crippen molar-refractivity contribution in [3.8, 4) is 0 Å². The molecule has 142 valence electrons. The zero-order valence-electron chi connectivity index (χ0n) is 14.0. The monoisotopic (exact) mass is 475 g/mol. The Labute approximate surface area is 173 Å². The SMILES string of the molecule is CC1CN(C(=O)Nc2ccc(C(F)(F)Cl)c(Cl)c2)N=C1c1ccc(Br)cc1. The van der Waals surface area contributed by atoms with E-state index in [1.165, 1.54) is 17.1 Å². The van der Waals surface area contributed by atoms with E-state index in [2.05, 4.69) is 26.3 Å². The van der Waals surface area contributed by atoms with E-state index in [1.54, 1.807) is 0 Å². The minimum atomic E-state index is -3.58. The number of alkyl halides is 3. The van der Waals surface area contributed by atoms with Gasteiger partial charge in [-0.15, -0.1) is 0 Å². The number of carbonyl (C=O) groups excluding carboxylic acids is 1. The van der Waals surface area contributed by atoms with Crippen molar-refractivity contribution in [1.29, 1.82) is 0 Å². The summed E-state index contributed by atoms with van der Waals surface area (Å²) in [6.07, 6.45) is 0. The predicted molar refractivity (Wildman–Crippen MR) is 107 cm³/mol. The van der Waals surface area contributed by atoms with Crippen molar-refractivity contribution in [2.75, 3.05) is 11.9 Å². The van der Waals surface area contributed by atoms with Crippen molar-refractivity contribution in [3.63, 3.8) is 0 Å². The Bertz CT molecular complexity index is 900. The first kappa shape index (κ1) is 20.0. The van der Waals surface area contributed by atoms with Crippen LogP contribution in [-0.2, 0) is 5.38 Å². The Hall–Kier alpha value is -1.70. The van der Waals surface area contributed by atoms with Gasteiger partial charge in [-0.05, 0) is 47.5 Å². The number of anilines is 1. The number of carbonyl (C=O) groups is 1. The van der Waals surface area contributed by atoms with Crippen LogP contribution in [0.1, 0.15) is 18.1 Å². The van der Waals surface area contributed by atoms with Crippen LogP contribution in [0.3, 0.4) is 0 Å². The molecule has 2 aromatic rings. The molecule has 0 saturated heterocycles. The van der Waals surface area contributed by atoms with Gasteiger partial charge in [-0.3, -0.25) is 0 Å². The lowest BCUT2D eigenvalue weighted by Crippen LogP contribution is -2.30. The van der Waals surface area contributed by atoms with Gasteiger partial charge in [-0.25, -0.2) is 9.80 Å². The molecule has 2 aromatic carbocycles. The quantitative estimate of drug-likeness (QED) is 0.520. The average Bonchev–Trinajstić information content (AvgIpc) is 2.96. The van der Waals surface area contributed by atoms with Crippen LogP contribution in [0.2, 0.25) is 5.02 Å². The molecule has 1 heterocycles. The lowest BCUT2D eigenvalue weighted by molar-refractivity contribution is 0.0953. The largest absolute Gasteiger partial charge is 0.349 e. The molecule has 0 aliphatic carbocycles. The molecule has 1 aliphatic rings. The second-order valence-electron chi connectivity index (χ2n) is 6.10. The molecule has 0 spiro atoms. The molecule has 4 nitrogen and oxygen atoms in total. The van der Waals surface area contributed by atoms with Gasteiger partial charge < -0.3 is 5.32 Å². The summed E-state index contributed by atoms with van der Waals surface area (Å²) in [5, 5.41) is 4.49. The van der Waals surface area contributed by atoms with Gasteiger partial charge >= 0.3 is 11.4 Å². The summed E-state index contributed by atoms with van der Waals surface area (Å²) >= 11 is 14.2. The molecule has 9 heteroatoms. The maximum Gasteiger partial charge on any atom is 0.349 e. The number of amides is 2. The van der Waals surface area contributed by atoms with Crippen LogP contribution in [0.5, 0.6) is 0 Å². The first-order chi connectivity index (χ1) is 12.6. The van der Waals surface area contributed by atoms with Gasteiger partial charge in [0, 0.05) is 16.1 Å². The van der Waals surface area contributed by atoms with Crippen molar-refractivity contribution in [2.24, 2.45) is 11.0 Å². The summed E-state index contributed by atoms with van der Waals surface area (Å²) < 4.78 is 27.3. The zero-order chi connectivity index (χ0) is 19.8. The number of hydrogen-bond donors (Lipinski definition) is 1. The number of nitrogens with zero attached hydrogens (tertiary/aromatic N) is 2. The van der Waals surface area contributed by atoms with E-state index < -0.39 is 17.0 Å². The molecule has 0 saturated carbocycles. The molecule has 27 heavy (non-hydrogen) atoms. The summed E-state index contributed by atoms with van der Waals surface area (Å²) in [6.45, 7) is 2.38. The van der Waals surface area contributed by atoms with Gasteiger partial charge in [0.05, 0.1) is 22.8 Å². The molecule has 1 N–H and O–H groups in total. The van der Waals surface area contributed by atoms with E-state index in [-0.39, 0.29) is 16.6 Å². The first-order valence-corrected chi connectivity index (χ1v) is 9.50. The van der Waals surface area contributed by atoms with E-state index in [0.29, 0.717) is 6.54 Å². The van der Waals surface area contributed by atoms with E-state index in [1.807, 2.05) is 31.2 Å². The van der Waals surface area contributed by atoms with Crippen LogP contribution in [-0.4, -0.2) is 23.3 Å². The van der Waals surface area contributed by atoms with Gasteiger partial charge in [0.2, 0.25) is 0 Å². The average molecular weight is 477 g/mol. The lowest BCUT2D eigenvalue weighted by atomic mass is 10.00. The van der Waals surface area contributed by atoms with Crippen molar-refractivity contribution < 1.29 is 13.6 Å². The molecule has 2 amide bonds. The van der Waals surface area contributed by atoms with Crippen molar-refractivity contribution in [1.82, 2.24) is 5.01 Å². The Kier molecular flexibility index (Phi) is 5.74. The molecule has 1 atom stereocenters. The summed E-state index contributed by atoms with van der Waals surface area (Å²) in [6, 6.07) is 10.8. The van der Waals surface area contributed by atoms with Crippen molar-refractivity contribution >= 4 is 56.6 Å². The molecule has 0 radical (unpaired) electrons. The van der Waals surface area contributed by atoms with Gasteiger partial charge in [-0.2, -0.15) is 13.9 Å². The zero-order valence-corrected chi connectivity index (χ0v) is 17.1. The molecule has 0 bridgehead atoms. The lowest BCUT2D eigenvalue weighted by Gasteiger charge is -2.15. The number of hydrogen-bond acceptors (Lipinski definition) is 2. The Morgan fingerprint density at radius 3 is 2.56 bits per heavy atom. The number of hydrazone groups is 1. The fourth-order valence-corrected chi connectivity index (χ4v) is 3.49. The molecule has 0 fully saturated rings. The number of urea groups is 1. The van der Waals surface area contributed by atoms with Crippen molar-refractivity contribution in [2.45, 2.75) is 12.3 Å². The maximum atomic E-state index is 13.2. The summed E-state index contributed by atoms with van der Waals surface area (Å²) in [7, 11) is 0. The summed E-state index contributed by atoms with van der Waals surface area (Å²) in [5.74, 6) is 0.0535. The fourth-order valence-electron chi connectivity index (χ4n) is 2.72. The van der Waals surface area contributed by atoms with E-state index in [9.17, 15) is 13.6 Å². The maximum absolute atomic E-state index is 13.2. The Balaban J connectivity index is 1.75. The highest BCUT2D eigenvalue weighted by Gasteiger charge is 2.31. The Morgan fingerprint density at radius 2 is 1.96 bits per heavy atom. The molecular formula is C18H14BrCl2F2N3O. The van der Waals surface area contributed by atoms with Gasteiger partial charge in [0.1, 0.15) is 0 Å². The van der Waals surface area contributed by atoms with Crippen LogP contribution in [0.4, 0.5) is 19.3 Å². The standard InChI is InChI=1S/C18H14BrCl2F2N3O/c1-10-9-26(25-16(10)11-2-4-12(19)5-3-11)17(27)24-13-6-7-14(15(20)8-13)18(21,22)23/h2-8,10H,9H2,1H3,(H,24,27). The predicted octanol–water partition coefficient (Wildman–Crippen LogP) is 6.28. The second-order valence-corrected chi connectivity index (χ2v) is 7.90. The van der Waals surface area contributed by atoms with Crippen LogP contribution >= 0.6 is 39.1 Å². The number of rotatable bonds is 3. The van der Waals surface area contributed by atoms with Gasteiger partial charge in [0.25, 0.3) is 0 Å². The topological polar surface area (TPSA) is 44.7 Å². The molecule has 1 unspecified atom stereocenters. The highest BCUT2D eigenvalue weighted by molar-refractivity contribution is 9.10. The van der Waals surface area contributed by atoms with Crippen LogP contribution in [0.15, 0.2) is 52.0 Å². The number of benzene rings is 2. The third kappa shape index (κ3) is 4.59. The number of halogens is 5. The smallest absolute Gasteiger partial charge is 0.306 e. The normalized spacial score (nSPS) is 17.0. The Morgan fingerprint density at radius 1 is 1.30 bits per heavy atom. The highest BCUT2D eigenvalue weighted by Crippen LogP contribution is 2.38. The van der Waals surface area contributed by atoms with Gasteiger partial charge in [-0.1, -0.05) is 46.6 Å². The van der Waals surface area contributed by atoms with Gasteiger partial charge in [0.15, 0.2) is 0 Å².